The van der Waals surface area contributed by atoms with E-state index in [1.165, 1.54) is 62.5 Å². The first-order chi connectivity index (χ1) is 17.6. The molecule has 0 atom stereocenters. The molecule has 3 heteroatoms. The summed E-state index contributed by atoms with van der Waals surface area (Å²) in [5.41, 5.74) is 4.45. The zero-order valence-corrected chi connectivity index (χ0v) is 22.6. The number of carbonyl (C=O) groups excluding carboxylic acids is 1. The molecule has 1 saturated carbocycles. The number of ether oxygens (including phenoxy) is 1. The van der Waals surface area contributed by atoms with Crippen molar-refractivity contribution in [1.82, 2.24) is 0 Å². The third-order valence-corrected chi connectivity index (χ3v) is 7.77. The molecular formula is C33H45NO2. The second-order valence-electron chi connectivity index (χ2n) is 10.6. The highest BCUT2D eigenvalue weighted by molar-refractivity contribution is 5.76. The Kier molecular flexibility index (Phi) is 12.0. The van der Waals surface area contributed by atoms with Crippen LogP contribution >= 0.6 is 0 Å². The van der Waals surface area contributed by atoms with E-state index >= 15 is 0 Å². The number of hydrogen-bond acceptors (Lipinski definition) is 3. The number of aryl methyl sites for hydroxylation is 2. The number of esters is 1. The van der Waals surface area contributed by atoms with Gasteiger partial charge in [0.2, 0.25) is 0 Å². The minimum atomic E-state index is -0.181. The molecule has 2 aromatic rings. The molecule has 0 aliphatic heterocycles. The lowest BCUT2D eigenvalue weighted by Crippen LogP contribution is -2.25. The third kappa shape index (κ3) is 8.81. The van der Waals surface area contributed by atoms with E-state index in [0.29, 0.717) is 17.2 Å². The molecule has 3 nitrogen and oxygen atoms in total. The van der Waals surface area contributed by atoms with Crippen molar-refractivity contribution in [1.29, 1.82) is 5.26 Å². The molecule has 0 saturated heterocycles. The standard InChI is InChI=1S/C33H45NO2/c1-3-5-7-8-9-11-13-27-16-23-32(31(24-27)25-34)36-33(35)30-21-19-29(20-22-30)28-17-14-26(15-18-28)12-10-6-4-2/h14-18,23-24,29-30H,3-13,19-22H2,1-2H3. The predicted octanol–water partition coefficient (Wildman–Crippen LogP) is 9.07. The van der Waals surface area contributed by atoms with E-state index in [1.807, 2.05) is 18.2 Å². The number of unbranched alkanes of at least 4 members (excludes halogenated alkanes) is 7. The highest BCUT2D eigenvalue weighted by Crippen LogP contribution is 2.37. The van der Waals surface area contributed by atoms with Gasteiger partial charge in [-0.2, -0.15) is 5.26 Å². The Balaban J connectivity index is 1.45. The maximum atomic E-state index is 12.9. The fourth-order valence-electron chi connectivity index (χ4n) is 5.41. The zero-order chi connectivity index (χ0) is 25.6. The van der Waals surface area contributed by atoms with Crippen LogP contribution in [-0.2, 0) is 17.6 Å². The molecule has 36 heavy (non-hydrogen) atoms. The number of nitrogens with zero attached hydrogens (tertiary/aromatic N) is 1. The van der Waals surface area contributed by atoms with Gasteiger partial charge < -0.3 is 4.74 Å². The van der Waals surface area contributed by atoms with Crippen LogP contribution in [0.4, 0.5) is 0 Å². The summed E-state index contributed by atoms with van der Waals surface area (Å²) >= 11 is 0. The lowest BCUT2D eigenvalue weighted by atomic mass is 9.78. The van der Waals surface area contributed by atoms with E-state index in [4.69, 9.17) is 4.74 Å². The molecule has 0 heterocycles. The monoisotopic (exact) mass is 487 g/mol. The molecule has 3 rings (SSSR count). The van der Waals surface area contributed by atoms with Crippen molar-refractivity contribution in [2.45, 2.75) is 116 Å². The van der Waals surface area contributed by atoms with Gasteiger partial charge in [-0.15, -0.1) is 0 Å². The molecule has 0 N–H and O–H groups in total. The van der Waals surface area contributed by atoms with E-state index in [9.17, 15) is 10.1 Å². The van der Waals surface area contributed by atoms with Gasteiger partial charge in [-0.05, 0) is 86.1 Å². The van der Waals surface area contributed by atoms with Crippen LogP contribution in [-0.4, -0.2) is 5.97 Å². The fraction of sp³-hybridized carbons (Fsp3) is 0.576. The second-order valence-corrected chi connectivity index (χ2v) is 10.6. The Hall–Kier alpha value is -2.60. The minimum Gasteiger partial charge on any atom is -0.425 e. The molecular weight excluding hydrogens is 442 g/mol. The fourth-order valence-corrected chi connectivity index (χ4v) is 5.41. The lowest BCUT2D eigenvalue weighted by Gasteiger charge is -2.27. The minimum absolute atomic E-state index is 0.0797. The van der Waals surface area contributed by atoms with Crippen molar-refractivity contribution in [2.75, 3.05) is 0 Å². The van der Waals surface area contributed by atoms with Crippen molar-refractivity contribution in [3.8, 4) is 11.8 Å². The average molecular weight is 488 g/mol. The van der Waals surface area contributed by atoms with Crippen LogP contribution in [0.5, 0.6) is 5.75 Å². The van der Waals surface area contributed by atoms with Gasteiger partial charge in [0, 0.05) is 0 Å². The van der Waals surface area contributed by atoms with Crippen molar-refractivity contribution >= 4 is 5.97 Å². The largest absolute Gasteiger partial charge is 0.425 e. The van der Waals surface area contributed by atoms with E-state index in [-0.39, 0.29) is 11.9 Å². The normalized spacial score (nSPS) is 17.5. The molecule has 194 valence electrons. The summed E-state index contributed by atoms with van der Waals surface area (Å²) in [6.45, 7) is 4.48. The van der Waals surface area contributed by atoms with E-state index in [1.54, 1.807) is 0 Å². The molecule has 1 aliphatic rings. The molecule has 2 aromatic carbocycles. The molecule has 0 unspecified atom stereocenters. The summed E-state index contributed by atoms with van der Waals surface area (Å²) in [4.78, 5) is 12.9. The van der Waals surface area contributed by atoms with Crippen LogP contribution in [0.3, 0.4) is 0 Å². The Labute approximate surface area is 219 Å². The quantitative estimate of drug-likeness (QED) is 0.152. The summed E-state index contributed by atoms with van der Waals surface area (Å²) in [5, 5.41) is 9.63. The van der Waals surface area contributed by atoms with Crippen LogP contribution in [0.25, 0.3) is 0 Å². The molecule has 0 radical (unpaired) electrons. The van der Waals surface area contributed by atoms with Crippen molar-refractivity contribution in [3.05, 3.63) is 64.7 Å². The van der Waals surface area contributed by atoms with Crippen molar-refractivity contribution < 1.29 is 9.53 Å². The lowest BCUT2D eigenvalue weighted by molar-refractivity contribution is -0.140. The molecule has 0 spiro atoms. The van der Waals surface area contributed by atoms with Crippen molar-refractivity contribution in [2.24, 2.45) is 5.92 Å². The van der Waals surface area contributed by atoms with Crippen LogP contribution in [0.1, 0.15) is 125 Å². The summed E-state index contributed by atoms with van der Waals surface area (Å²) < 4.78 is 5.74. The van der Waals surface area contributed by atoms with E-state index in [2.05, 4.69) is 44.2 Å². The topological polar surface area (TPSA) is 50.1 Å². The number of nitriles is 1. The van der Waals surface area contributed by atoms with Crippen LogP contribution in [0, 0.1) is 17.2 Å². The summed E-state index contributed by atoms with van der Waals surface area (Å²) in [7, 11) is 0. The van der Waals surface area contributed by atoms with Gasteiger partial charge in [0.1, 0.15) is 11.8 Å². The van der Waals surface area contributed by atoms with Gasteiger partial charge in [-0.25, -0.2) is 0 Å². The summed E-state index contributed by atoms with van der Waals surface area (Å²) in [6, 6.07) is 17.1. The Morgan fingerprint density at radius 1 is 0.806 bits per heavy atom. The van der Waals surface area contributed by atoms with Crippen LogP contribution in [0.2, 0.25) is 0 Å². The predicted molar refractivity (Wildman–Crippen MR) is 148 cm³/mol. The van der Waals surface area contributed by atoms with Gasteiger partial charge in [-0.3, -0.25) is 4.79 Å². The number of rotatable bonds is 14. The number of carbonyl (C=O) groups is 1. The summed E-state index contributed by atoms with van der Waals surface area (Å²) in [5.74, 6) is 0.674. The molecule has 0 aromatic heterocycles. The average Bonchev–Trinajstić information content (AvgIpc) is 2.92. The van der Waals surface area contributed by atoms with Gasteiger partial charge in [0.15, 0.2) is 0 Å². The highest BCUT2D eigenvalue weighted by Gasteiger charge is 2.29. The molecule has 0 bridgehead atoms. The van der Waals surface area contributed by atoms with Gasteiger partial charge in [-0.1, -0.05) is 89.1 Å². The highest BCUT2D eigenvalue weighted by atomic mass is 16.5. The SMILES string of the molecule is CCCCCCCCc1ccc(OC(=O)C2CCC(c3ccc(CCCCC)cc3)CC2)c(C#N)c1. The van der Waals surface area contributed by atoms with Gasteiger partial charge >= 0.3 is 5.97 Å². The number of hydrogen-bond donors (Lipinski definition) is 0. The first-order valence-corrected chi connectivity index (χ1v) is 14.5. The van der Waals surface area contributed by atoms with E-state index < -0.39 is 0 Å². The van der Waals surface area contributed by atoms with Gasteiger partial charge in [0.05, 0.1) is 11.5 Å². The van der Waals surface area contributed by atoms with E-state index in [0.717, 1.165) is 50.5 Å². The first-order valence-electron chi connectivity index (χ1n) is 14.5. The Bertz CT molecular complexity index is 964. The molecule has 1 fully saturated rings. The Morgan fingerprint density at radius 3 is 2.08 bits per heavy atom. The number of benzene rings is 2. The first kappa shape index (κ1) is 28.0. The van der Waals surface area contributed by atoms with Gasteiger partial charge in [0.25, 0.3) is 0 Å². The maximum Gasteiger partial charge on any atom is 0.314 e. The maximum absolute atomic E-state index is 12.9. The third-order valence-electron chi connectivity index (χ3n) is 7.77. The summed E-state index contributed by atoms with van der Waals surface area (Å²) in [6.07, 6.45) is 17.2. The second kappa shape index (κ2) is 15.5. The smallest absolute Gasteiger partial charge is 0.314 e. The molecule has 1 aliphatic carbocycles. The zero-order valence-electron chi connectivity index (χ0n) is 22.6. The van der Waals surface area contributed by atoms with Crippen molar-refractivity contribution in [3.63, 3.8) is 0 Å². The van der Waals surface area contributed by atoms with Crippen LogP contribution in [0.15, 0.2) is 42.5 Å². The van der Waals surface area contributed by atoms with Crippen LogP contribution < -0.4 is 4.74 Å². The Morgan fingerprint density at radius 2 is 1.39 bits per heavy atom. The molecule has 0 amide bonds.